The summed E-state index contributed by atoms with van der Waals surface area (Å²) < 4.78 is 10.9. The van der Waals surface area contributed by atoms with Crippen LogP contribution in [0, 0.1) is 12.8 Å². The van der Waals surface area contributed by atoms with E-state index in [-0.39, 0.29) is 29.7 Å². The van der Waals surface area contributed by atoms with Crippen molar-refractivity contribution in [3.63, 3.8) is 0 Å². The second-order valence-corrected chi connectivity index (χ2v) is 9.07. The highest BCUT2D eigenvalue weighted by Crippen LogP contribution is 2.23. The number of para-hydroxylation sites is 1. The molecule has 2 fully saturated rings. The number of carbonyl (C=O) groups is 3. The number of benzene rings is 1. The minimum Gasteiger partial charge on any atom is -0.493 e. The van der Waals surface area contributed by atoms with Crippen LogP contribution in [0.4, 0.5) is 0 Å². The van der Waals surface area contributed by atoms with E-state index in [9.17, 15) is 14.4 Å². The molecule has 2 aliphatic heterocycles. The average molecular weight is 468 g/mol. The summed E-state index contributed by atoms with van der Waals surface area (Å²) in [5.41, 5.74) is 0.818. The first-order valence-corrected chi connectivity index (χ1v) is 12.1. The third-order valence-corrected chi connectivity index (χ3v) is 6.73. The number of nitrogens with one attached hydrogen (secondary N) is 1. The molecule has 182 valence electrons. The number of ether oxygens (including phenoxy) is 1. The van der Waals surface area contributed by atoms with Crippen molar-refractivity contribution in [1.29, 1.82) is 0 Å². The largest absolute Gasteiger partial charge is 0.493 e. The predicted molar refractivity (Wildman–Crippen MR) is 126 cm³/mol. The standard InChI is InChI=1S/C26H33N3O5/c1-19-11-17-34-24(19)25(31)27-21-9-15-29(16-10-21)26(32)20-7-13-28(14-8-20)23(30)12-18-33-22-5-3-2-4-6-22/h2-6,11,17,20-21H,7-10,12-16,18H2,1H3,(H,27,31). The molecule has 0 atom stereocenters. The van der Waals surface area contributed by atoms with Crippen LogP contribution >= 0.6 is 0 Å². The third-order valence-electron chi connectivity index (χ3n) is 6.73. The molecule has 34 heavy (non-hydrogen) atoms. The Balaban J connectivity index is 1.15. The monoisotopic (exact) mass is 467 g/mol. The summed E-state index contributed by atoms with van der Waals surface area (Å²) >= 11 is 0. The van der Waals surface area contributed by atoms with Crippen LogP contribution in [0.2, 0.25) is 0 Å². The van der Waals surface area contributed by atoms with Crippen LogP contribution < -0.4 is 10.1 Å². The number of nitrogens with zero attached hydrogens (tertiary/aromatic N) is 2. The number of aryl methyl sites for hydroxylation is 1. The van der Waals surface area contributed by atoms with Crippen molar-refractivity contribution >= 4 is 17.7 Å². The van der Waals surface area contributed by atoms with Gasteiger partial charge in [0.05, 0.1) is 19.3 Å². The molecule has 0 aliphatic carbocycles. The molecule has 0 radical (unpaired) electrons. The zero-order valence-corrected chi connectivity index (χ0v) is 19.7. The molecule has 8 heteroatoms. The molecule has 3 heterocycles. The zero-order valence-electron chi connectivity index (χ0n) is 19.7. The predicted octanol–water partition coefficient (Wildman–Crippen LogP) is 3.02. The molecule has 1 aromatic carbocycles. The summed E-state index contributed by atoms with van der Waals surface area (Å²) in [5.74, 6) is 1.13. The van der Waals surface area contributed by atoms with Crippen molar-refractivity contribution in [2.75, 3.05) is 32.8 Å². The van der Waals surface area contributed by atoms with E-state index in [0.717, 1.165) is 24.2 Å². The van der Waals surface area contributed by atoms with Crippen molar-refractivity contribution in [2.24, 2.45) is 5.92 Å². The van der Waals surface area contributed by atoms with E-state index < -0.39 is 0 Å². The van der Waals surface area contributed by atoms with Gasteiger partial charge in [0.1, 0.15) is 5.75 Å². The molecule has 0 bridgehead atoms. The molecule has 0 spiro atoms. The quantitative estimate of drug-likeness (QED) is 0.676. The van der Waals surface area contributed by atoms with E-state index in [0.29, 0.717) is 57.8 Å². The van der Waals surface area contributed by atoms with Crippen molar-refractivity contribution in [1.82, 2.24) is 15.1 Å². The maximum atomic E-state index is 13.0. The summed E-state index contributed by atoms with van der Waals surface area (Å²) in [4.78, 5) is 41.6. The number of piperidine rings is 2. The van der Waals surface area contributed by atoms with E-state index in [1.165, 1.54) is 6.26 Å². The van der Waals surface area contributed by atoms with Gasteiger partial charge in [0, 0.05) is 43.7 Å². The van der Waals surface area contributed by atoms with Crippen LogP contribution in [0.3, 0.4) is 0 Å². The molecule has 2 aromatic rings. The van der Waals surface area contributed by atoms with Crippen LogP contribution in [0.15, 0.2) is 47.1 Å². The minimum atomic E-state index is -0.196. The highest BCUT2D eigenvalue weighted by molar-refractivity contribution is 5.93. The van der Waals surface area contributed by atoms with Gasteiger partial charge in [0.2, 0.25) is 11.8 Å². The van der Waals surface area contributed by atoms with Crippen LogP contribution in [-0.4, -0.2) is 66.3 Å². The van der Waals surface area contributed by atoms with Crippen molar-refractivity contribution in [3.8, 4) is 5.75 Å². The SMILES string of the molecule is Cc1ccoc1C(=O)NC1CCN(C(=O)C2CCN(C(=O)CCOc3ccccc3)CC2)CC1. The molecule has 2 aliphatic rings. The Kier molecular flexibility index (Phi) is 7.87. The first kappa shape index (κ1) is 23.9. The summed E-state index contributed by atoms with van der Waals surface area (Å²) in [6.45, 7) is 4.68. The third kappa shape index (κ3) is 5.98. The van der Waals surface area contributed by atoms with Gasteiger partial charge in [-0.1, -0.05) is 18.2 Å². The molecule has 2 saturated heterocycles. The summed E-state index contributed by atoms with van der Waals surface area (Å²) in [7, 11) is 0. The summed E-state index contributed by atoms with van der Waals surface area (Å²) in [6.07, 6.45) is 4.70. The Hall–Kier alpha value is -3.29. The number of rotatable bonds is 7. The van der Waals surface area contributed by atoms with Gasteiger partial charge in [0.15, 0.2) is 5.76 Å². The van der Waals surface area contributed by atoms with Gasteiger partial charge in [-0.25, -0.2) is 0 Å². The van der Waals surface area contributed by atoms with Crippen molar-refractivity contribution in [2.45, 2.75) is 45.1 Å². The first-order chi connectivity index (χ1) is 16.5. The van der Waals surface area contributed by atoms with E-state index >= 15 is 0 Å². The van der Waals surface area contributed by atoms with Crippen LogP contribution in [0.5, 0.6) is 5.75 Å². The number of furan rings is 1. The Morgan fingerprint density at radius 1 is 0.971 bits per heavy atom. The average Bonchev–Trinajstić information content (AvgIpc) is 3.31. The number of carbonyl (C=O) groups excluding carboxylic acids is 3. The molecule has 3 amide bonds. The summed E-state index contributed by atoms with van der Waals surface area (Å²) in [6, 6.07) is 11.3. The molecule has 1 N–H and O–H groups in total. The van der Waals surface area contributed by atoms with Crippen LogP contribution in [0.25, 0.3) is 0 Å². The maximum Gasteiger partial charge on any atom is 0.287 e. The number of hydrogen-bond donors (Lipinski definition) is 1. The number of likely N-dealkylation sites (tertiary alicyclic amines) is 2. The minimum absolute atomic E-state index is 0.0403. The topological polar surface area (TPSA) is 92.1 Å². The van der Waals surface area contributed by atoms with Crippen LogP contribution in [-0.2, 0) is 9.59 Å². The second-order valence-electron chi connectivity index (χ2n) is 9.07. The Morgan fingerprint density at radius 3 is 2.29 bits per heavy atom. The van der Waals surface area contributed by atoms with E-state index in [2.05, 4.69) is 5.32 Å². The second kappa shape index (κ2) is 11.2. The fourth-order valence-corrected chi connectivity index (χ4v) is 4.67. The molecular weight excluding hydrogens is 434 g/mol. The molecule has 0 saturated carbocycles. The lowest BCUT2D eigenvalue weighted by Crippen LogP contribution is -2.50. The van der Waals surface area contributed by atoms with Gasteiger partial charge in [-0.2, -0.15) is 0 Å². The smallest absolute Gasteiger partial charge is 0.287 e. The van der Waals surface area contributed by atoms with E-state index in [4.69, 9.17) is 9.15 Å². The highest BCUT2D eigenvalue weighted by Gasteiger charge is 2.32. The van der Waals surface area contributed by atoms with Gasteiger partial charge in [-0.3, -0.25) is 14.4 Å². The van der Waals surface area contributed by atoms with Crippen LogP contribution in [0.1, 0.15) is 48.2 Å². The Morgan fingerprint density at radius 2 is 1.65 bits per heavy atom. The van der Waals surface area contributed by atoms with E-state index in [1.807, 2.05) is 47.1 Å². The van der Waals surface area contributed by atoms with Gasteiger partial charge in [-0.05, 0) is 50.8 Å². The zero-order chi connectivity index (χ0) is 23.9. The van der Waals surface area contributed by atoms with Gasteiger partial charge < -0.3 is 24.3 Å². The fourth-order valence-electron chi connectivity index (χ4n) is 4.67. The Labute approximate surface area is 200 Å². The molecule has 0 unspecified atom stereocenters. The maximum absolute atomic E-state index is 13.0. The Bertz CT molecular complexity index is 973. The number of amides is 3. The highest BCUT2D eigenvalue weighted by atomic mass is 16.5. The van der Waals surface area contributed by atoms with Gasteiger partial charge >= 0.3 is 0 Å². The first-order valence-electron chi connectivity index (χ1n) is 12.1. The van der Waals surface area contributed by atoms with Crippen molar-refractivity contribution < 1.29 is 23.5 Å². The summed E-state index contributed by atoms with van der Waals surface area (Å²) in [5, 5.41) is 3.02. The fraction of sp³-hybridized carbons (Fsp3) is 0.500. The molecular formula is C26H33N3O5. The lowest BCUT2D eigenvalue weighted by atomic mass is 9.93. The number of hydrogen-bond acceptors (Lipinski definition) is 5. The molecule has 4 rings (SSSR count). The lowest BCUT2D eigenvalue weighted by Gasteiger charge is -2.37. The van der Waals surface area contributed by atoms with Gasteiger partial charge in [0.25, 0.3) is 5.91 Å². The molecule has 8 nitrogen and oxygen atoms in total. The van der Waals surface area contributed by atoms with Crippen molar-refractivity contribution in [3.05, 3.63) is 54.0 Å². The van der Waals surface area contributed by atoms with E-state index in [1.54, 1.807) is 6.07 Å². The molecule has 1 aromatic heterocycles. The van der Waals surface area contributed by atoms with Gasteiger partial charge in [-0.15, -0.1) is 0 Å². The lowest BCUT2D eigenvalue weighted by molar-refractivity contribution is -0.141. The normalized spacial score (nSPS) is 17.4.